The Morgan fingerprint density at radius 1 is 0.833 bits per heavy atom. The summed E-state index contributed by atoms with van der Waals surface area (Å²) in [5, 5.41) is 1.28. The Morgan fingerprint density at radius 3 is 2.39 bits per heavy atom. The first kappa shape index (κ1) is 11.4. The maximum absolute atomic E-state index is 3.46. The minimum atomic E-state index is 0.897. The molecule has 88 valence electrons. The van der Waals surface area contributed by atoms with Gasteiger partial charge in [-0.25, -0.2) is 0 Å². The van der Waals surface area contributed by atoms with Crippen LogP contribution in [0.2, 0.25) is 0 Å². The molecule has 0 saturated heterocycles. The van der Waals surface area contributed by atoms with Crippen LogP contribution in [0.15, 0.2) is 71.3 Å². The number of para-hydroxylation sites is 1. The number of rotatable bonds is 2. The third-order valence-corrected chi connectivity index (χ3v) is 3.58. The normalized spacial score (nSPS) is 10.7. The van der Waals surface area contributed by atoms with E-state index in [0.717, 1.165) is 11.0 Å². The number of hydrogen-bond acceptors (Lipinski definition) is 0. The Labute approximate surface area is 115 Å². The predicted molar refractivity (Wildman–Crippen MR) is 77.4 cm³/mol. The summed E-state index contributed by atoms with van der Waals surface area (Å²) >= 11 is 3.46. The van der Waals surface area contributed by atoms with E-state index in [0.29, 0.717) is 0 Å². The lowest BCUT2D eigenvalue weighted by Gasteiger charge is -2.01. The number of nitrogens with zero attached hydrogens (tertiary/aromatic N) is 1. The largest absolute Gasteiger partial charge is 0.212 e. The first-order valence-corrected chi connectivity index (χ1v) is 6.74. The number of halogens is 1. The van der Waals surface area contributed by atoms with E-state index in [2.05, 4.69) is 87.4 Å². The van der Waals surface area contributed by atoms with Gasteiger partial charge in [-0.3, -0.25) is 0 Å². The molecule has 0 amide bonds. The van der Waals surface area contributed by atoms with Crippen LogP contribution in [0.3, 0.4) is 0 Å². The minimum absolute atomic E-state index is 0.897. The molecule has 0 aliphatic rings. The topological polar surface area (TPSA) is 3.88 Å². The number of benzene rings is 2. The number of aromatic nitrogens is 1. The molecule has 0 N–H and O–H groups in total. The van der Waals surface area contributed by atoms with Gasteiger partial charge in [0.15, 0.2) is 12.7 Å². The van der Waals surface area contributed by atoms with Gasteiger partial charge in [-0.05, 0) is 24.3 Å². The van der Waals surface area contributed by atoms with Crippen LogP contribution >= 0.6 is 15.9 Å². The van der Waals surface area contributed by atoms with Gasteiger partial charge >= 0.3 is 0 Å². The molecular formula is C16H13BrN+. The van der Waals surface area contributed by atoms with E-state index in [9.17, 15) is 0 Å². The number of pyridine rings is 1. The van der Waals surface area contributed by atoms with E-state index in [1.807, 2.05) is 0 Å². The average Bonchev–Trinajstić information content (AvgIpc) is 2.42. The van der Waals surface area contributed by atoms with Gasteiger partial charge < -0.3 is 0 Å². The summed E-state index contributed by atoms with van der Waals surface area (Å²) in [5.74, 6) is 0. The van der Waals surface area contributed by atoms with E-state index < -0.39 is 0 Å². The minimum Gasteiger partial charge on any atom is -0.194 e. The van der Waals surface area contributed by atoms with E-state index in [4.69, 9.17) is 0 Å². The lowest BCUT2D eigenvalue weighted by molar-refractivity contribution is -0.662. The Kier molecular flexibility index (Phi) is 3.11. The fourth-order valence-corrected chi connectivity index (χ4v) is 2.41. The van der Waals surface area contributed by atoms with E-state index in [-0.39, 0.29) is 0 Å². The van der Waals surface area contributed by atoms with Gasteiger partial charge in [0.1, 0.15) is 0 Å². The van der Waals surface area contributed by atoms with Crippen molar-refractivity contribution in [1.82, 2.24) is 0 Å². The molecule has 0 aliphatic heterocycles. The summed E-state index contributed by atoms with van der Waals surface area (Å²) in [6, 6.07) is 21.2. The van der Waals surface area contributed by atoms with Crippen LogP contribution in [0.1, 0.15) is 5.56 Å². The fourth-order valence-electron chi connectivity index (χ4n) is 2.15. The van der Waals surface area contributed by atoms with Crippen molar-refractivity contribution in [3.05, 3.63) is 76.9 Å². The zero-order chi connectivity index (χ0) is 12.4. The summed E-state index contributed by atoms with van der Waals surface area (Å²) in [5.41, 5.74) is 2.57. The van der Waals surface area contributed by atoms with E-state index >= 15 is 0 Å². The van der Waals surface area contributed by atoms with Crippen molar-refractivity contribution in [2.75, 3.05) is 0 Å². The monoisotopic (exact) mass is 298 g/mol. The zero-order valence-electron chi connectivity index (χ0n) is 9.88. The highest BCUT2D eigenvalue weighted by Crippen LogP contribution is 2.12. The molecule has 2 aromatic carbocycles. The Morgan fingerprint density at radius 2 is 1.56 bits per heavy atom. The predicted octanol–water partition coefficient (Wildman–Crippen LogP) is 3.94. The van der Waals surface area contributed by atoms with Crippen LogP contribution in [0.4, 0.5) is 0 Å². The van der Waals surface area contributed by atoms with Gasteiger partial charge in [-0.2, -0.15) is 4.57 Å². The molecule has 0 fully saturated rings. The van der Waals surface area contributed by atoms with Crippen molar-refractivity contribution in [3.8, 4) is 0 Å². The molecule has 18 heavy (non-hydrogen) atoms. The van der Waals surface area contributed by atoms with Crippen LogP contribution in [0.25, 0.3) is 10.9 Å². The molecule has 0 bridgehead atoms. The average molecular weight is 299 g/mol. The quantitative estimate of drug-likeness (QED) is 0.631. The summed E-state index contributed by atoms with van der Waals surface area (Å²) in [7, 11) is 0. The second kappa shape index (κ2) is 4.91. The van der Waals surface area contributed by atoms with Gasteiger partial charge in [0, 0.05) is 27.6 Å². The molecule has 0 spiro atoms. The molecule has 1 aromatic heterocycles. The maximum atomic E-state index is 3.46. The Hall–Kier alpha value is -1.67. The van der Waals surface area contributed by atoms with Gasteiger partial charge in [-0.1, -0.05) is 40.2 Å². The highest BCUT2D eigenvalue weighted by Gasteiger charge is 2.07. The Balaban J connectivity index is 2.02. The molecule has 2 heteroatoms. The molecule has 0 aliphatic carbocycles. The SMILES string of the molecule is Brc1ccc(C[n+]2cccc3ccccc32)cc1. The molecule has 1 nitrogen and oxygen atoms in total. The second-order valence-electron chi connectivity index (χ2n) is 4.32. The lowest BCUT2D eigenvalue weighted by Crippen LogP contribution is -2.34. The third kappa shape index (κ3) is 2.29. The van der Waals surface area contributed by atoms with Crippen LogP contribution in [-0.2, 0) is 6.54 Å². The lowest BCUT2D eigenvalue weighted by atomic mass is 10.2. The smallest absolute Gasteiger partial charge is 0.194 e. The van der Waals surface area contributed by atoms with E-state index in [1.165, 1.54) is 16.5 Å². The standard InChI is InChI=1S/C16H13BrN/c17-15-9-7-13(8-10-15)12-18-11-3-5-14-4-1-2-6-16(14)18/h1-11H,12H2/q+1. The zero-order valence-corrected chi connectivity index (χ0v) is 11.5. The maximum Gasteiger partial charge on any atom is 0.212 e. The van der Waals surface area contributed by atoms with Crippen molar-refractivity contribution in [1.29, 1.82) is 0 Å². The summed E-state index contributed by atoms with van der Waals surface area (Å²) < 4.78 is 3.40. The van der Waals surface area contributed by atoms with Gasteiger partial charge in [0.05, 0.1) is 0 Å². The molecule has 0 unspecified atom stereocenters. The summed E-state index contributed by atoms with van der Waals surface area (Å²) in [6.45, 7) is 0.897. The second-order valence-corrected chi connectivity index (χ2v) is 5.24. The fraction of sp³-hybridized carbons (Fsp3) is 0.0625. The summed E-state index contributed by atoms with van der Waals surface area (Å²) in [4.78, 5) is 0. The van der Waals surface area contributed by atoms with Gasteiger partial charge in [0.2, 0.25) is 5.52 Å². The van der Waals surface area contributed by atoms with Crippen molar-refractivity contribution < 1.29 is 4.57 Å². The molecule has 3 rings (SSSR count). The first-order valence-electron chi connectivity index (χ1n) is 5.94. The van der Waals surface area contributed by atoms with Crippen LogP contribution in [0.5, 0.6) is 0 Å². The highest BCUT2D eigenvalue weighted by molar-refractivity contribution is 9.10. The van der Waals surface area contributed by atoms with Crippen molar-refractivity contribution in [3.63, 3.8) is 0 Å². The Bertz CT molecular complexity index is 669. The number of fused-ring (bicyclic) bond motifs is 1. The van der Waals surface area contributed by atoms with Gasteiger partial charge in [0.25, 0.3) is 0 Å². The molecule has 0 saturated carbocycles. The van der Waals surface area contributed by atoms with Crippen molar-refractivity contribution >= 4 is 26.8 Å². The van der Waals surface area contributed by atoms with E-state index in [1.54, 1.807) is 0 Å². The molecule has 0 radical (unpaired) electrons. The number of hydrogen-bond donors (Lipinski definition) is 0. The summed E-state index contributed by atoms with van der Waals surface area (Å²) in [6.07, 6.45) is 2.13. The van der Waals surface area contributed by atoms with Crippen molar-refractivity contribution in [2.45, 2.75) is 6.54 Å². The van der Waals surface area contributed by atoms with Crippen LogP contribution < -0.4 is 4.57 Å². The third-order valence-electron chi connectivity index (χ3n) is 3.05. The molecule has 1 heterocycles. The van der Waals surface area contributed by atoms with Crippen molar-refractivity contribution in [2.24, 2.45) is 0 Å². The molecular weight excluding hydrogens is 286 g/mol. The van der Waals surface area contributed by atoms with Crippen LogP contribution in [0, 0.1) is 0 Å². The van der Waals surface area contributed by atoms with Gasteiger partial charge in [-0.15, -0.1) is 0 Å². The first-order chi connectivity index (χ1) is 8.83. The highest BCUT2D eigenvalue weighted by atomic mass is 79.9. The molecule has 0 atom stereocenters. The molecule has 3 aromatic rings. The van der Waals surface area contributed by atoms with Crippen LogP contribution in [-0.4, -0.2) is 0 Å².